The molecule has 1 aliphatic heterocycles. The molecule has 0 saturated carbocycles. The second kappa shape index (κ2) is 5.69. The molecule has 0 spiro atoms. The van der Waals surface area contributed by atoms with Crippen LogP contribution in [0.15, 0.2) is 17.2 Å². The lowest BCUT2D eigenvalue weighted by Gasteiger charge is -2.19. The molecular formula is C10H15N5O4S. The van der Waals surface area contributed by atoms with E-state index in [1.807, 2.05) is 0 Å². The van der Waals surface area contributed by atoms with Crippen LogP contribution in [0.5, 0.6) is 0 Å². The SMILES string of the molecule is Nc1ncc(S(=O)(=O)N2CCCNCC2)cc1[N+](=O)[O-]. The predicted octanol–water partition coefficient (Wildman–Crippen LogP) is -0.444. The highest BCUT2D eigenvalue weighted by atomic mass is 32.2. The van der Waals surface area contributed by atoms with Gasteiger partial charge >= 0.3 is 5.69 Å². The summed E-state index contributed by atoms with van der Waals surface area (Å²) in [6, 6.07) is 0.954. The Balaban J connectivity index is 2.38. The van der Waals surface area contributed by atoms with Gasteiger partial charge in [-0.2, -0.15) is 4.31 Å². The lowest BCUT2D eigenvalue weighted by atomic mass is 10.4. The zero-order valence-electron chi connectivity index (χ0n) is 10.7. The molecule has 2 heterocycles. The van der Waals surface area contributed by atoms with Gasteiger partial charge in [0.05, 0.1) is 4.92 Å². The van der Waals surface area contributed by atoms with Crippen molar-refractivity contribution in [3.63, 3.8) is 0 Å². The Bertz CT molecular complexity index is 610. The maximum absolute atomic E-state index is 12.4. The fourth-order valence-corrected chi connectivity index (χ4v) is 3.39. The molecule has 1 aliphatic rings. The Kier molecular flexibility index (Phi) is 4.16. The third-order valence-electron chi connectivity index (χ3n) is 3.01. The van der Waals surface area contributed by atoms with Gasteiger partial charge in [-0.1, -0.05) is 0 Å². The fraction of sp³-hybridized carbons (Fsp3) is 0.500. The monoisotopic (exact) mass is 301 g/mol. The van der Waals surface area contributed by atoms with Crippen LogP contribution in [-0.4, -0.2) is 48.8 Å². The molecule has 1 fully saturated rings. The Morgan fingerprint density at radius 1 is 1.40 bits per heavy atom. The average Bonchev–Trinajstić information content (AvgIpc) is 2.67. The van der Waals surface area contributed by atoms with E-state index < -0.39 is 20.6 Å². The molecule has 0 aromatic carbocycles. The number of nitro groups is 1. The highest BCUT2D eigenvalue weighted by Gasteiger charge is 2.28. The summed E-state index contributed by atoms with van der Waals surface area (Å²) in [5, 5.41) is 13.9. The highest BCUT2D eigenvalue weighted by Crippen LogP contribution is 2.24. The van der Waals surface area contributed by atoms with Crippen molar-refractivity contribution in [2.45, 2.75) is 11.3 Å². The molecule has 20 heavy (non-hydrogen) atoms. The predicted molar refractivity (Wildman–Crippen MR) is 71.5 cm³/mol. The summed E-state index contributed by atoms with van der Waals surface area (Å²) in [7, 11) is -3.79. The maximum Gasteiger partial charge on any atom is 0.312 e. The molecule has 9 nitrogen and oxygen atoms in total. The summed E-state index contributed by atoms with van der Waals surface area (Å²) < 4.78 is 26.1. The number of nitrogens with two attached hydrogens (primary N) is 1. The lowest BCUT2D eigenvalue weighted by molar-refractivity contribution is -0.384. The summed E-state index contributed by atoms with van der Waals surface area (Å²) in [5.41, 5.74) is 4.87. The molecular weight excluding hydrogens is 286 g/mol. The van der Waals surface area contributed by atoms with E-state index in [9.17, 15) is 18.5 Å². The maximum atomic E-state index is 12.4. The molecule has 3 N–H and O–H groups in total. The minimum Gasteiger partial charge on any atom is -0.378 e. The minimum absolute atomic E-state index is 0.208. The van der Waals surface area contributed by atoms with Crippen molar-refractivity contribution in [1.29, 1.82) is 0 Å². The van der Waals surface area contributed by atoms with Crippen LogP contribution in [0.1, 0.15) is 6.42 Å². The number of pyridine rings is 1. The number of hydrogen-bond donors (Lipinski definition) is 2. The molecule has 2 rings (SSSR count). The molecule has 1 saturated heterocycles. The fourth-order valence-electron chi connectivity index (χ4n) is 1.94. The summed E-state index contributed by atoms with van der Waals surface area (Å²) in [4.78, 5) is 13.4. The van der Waals surface area contributed by atoms with Crippen LogP contribution in [0, 0.1) is 10.1 Å². The first-order valence-corrected chi connectivity index (χ1v) is 7.47. The highest BCUT2D eigenvalue weighted by molar-refractivity contribution is 7.89. The number of aromatic nitrogens is 1. The van der Waals surface area contributed by atoms with Crippen molar-refractivity contribution in [1.82, 2.24) is 14.6 Å². The molecule has 0 bridgehead atoms. The minimum atomic E-state index is -3.79. The van der Waals surface area contributed by atoms with Crippen LogP contribution in [0.3, 0.4) is 0 Å². The van der Waals surface area contributed by atoms with E-state index in [0.717, 1.165) is 18.8 Å². The third kappa shape index (κ3) is 2.86. The van der Waals surface area contributed by atoms with E-state index in [0.29, 0.717) is 26.1 Å². The number of hydrogen-bond acceptors (Lipinski definition) is 7. The van der Waals surface area contributed by atoms with Crippen LogP contribution in [0.4, 0.5) is 11.5 Å². The molecule has 0 atom stereocenters. The normalized spacial score (nSPS) is 17.6. The number of sulfonamides is 1. The Morgan fingerprint density at radius 3 is 2.85 bits per heavy atom. The summed E-state index contributed by atoms with van der Waals surface area (Å²) in [6.07, 6.45) is 1.74. The van der Waals surface area contributed by atoms with Gasteiger partial charge in [0.1, 0.15) is 4.90 Å². The largest absolute Gasteiger partial charge is 0.378 e. The second-order valence-corrected chi connectivity index (χ2v) is 6.28. The van der Waals surface area contributed by atoms with Gasteiger partial charge in [-0.05, 0) is 13.0 Å². The quantitative estimate of drug-likeness (QED) is 0.571. The summed E-state index contributed by atoms with van der Waals surface area (Å²) >= 11 is 0. The van der Waals surface area contributed by atoms with Crippen molar-refractivity contribution < 1.29 is 13.3 Å². The number of rotatable bonds is 3. The van der Waals surface area contributed by atoms with E-state index >= 15 is 0 Å². The third-order valence-corrected chi connectivity index (χ3v) is 4.87. The number of anilines is 1. The molecule has 0 amide bonds. The summed E-state index contributed by atoms with van der Waals surface area (Å²) in [5.74, 6) is -0.300. The smallest absolute Gasteiger partial charge is 0.312 e. The van der Waals surface area contributed by atoms with Crippen molar-refractivity contribution in [2.24, 2.45) is 0 Å². The van der Waals surface area contributed by atoms with Gasteiger partial charge in [-0.25, -0.2) is 13.4 Å². The van der Waals surface area contributed by atoms with Crippen molar-refractivity contribution in [3.8, 4) is 0 Å². The molecule has 0 radical (unpaired) electrons. The number of nitrogens with zero attached hydrogens (tertiary/aromatic N) is 3. The second-order valence-electron chi connectivity index (χ2n) is 4.34. The van der Waals surface area contributed by atoms with Gasteiger partial charge < -0.3 is 11.1 Å². The van der Waals surface area contributed by atoms with E-state index in [4.69, 9.17) is 5.73 Å². The standard InChI is InChI=1S/C10H15N5O4S/c11-10-9(15(16)17)6-8(7-13-10)20(18,19)14-4-1-2-12-3-5-14/h6-7,12H,1-5H2,(H2,11,13). The molecule has 10 heteroatoms. The molecule has 1 aromatic heterocycles. The molecule has 1 aromatic rings. The first-order valence-electron chi connectivity index (χ1n) is 6.03. The van der Waals surface area contributed by atoms with Crippen LogP contribution in [0.25, 0.3) is 0 Å². The van der Waals surface area contributed by atoms with Crippen molar-refractivity contribution in [2.75, 3.05) is 31.9 Å². The zero-order valence-corrected chi connectivity index (χ0v) is 11.5. The van der Waals surface area contributed by atoms with Crippen LogP contribution >= 0.6 is 0 Å². The van der Waals surface area contributed by atoms with Gasteiger partial charge in [0.15, 0.2) is 0 Å². The Hall–Kier alpha value is -1.78. The van der Waals surface area contributed by atoms with Crippen LogP contribution in [0.2, 0.25) is 0 Å². The average molecular weight is 301 g/mol. The van der Waals surface area contributed by atoms with Crippen molar-refractivity contribution >= 4 is 21.5 Å². The molecule has 0 aliphatic carbocycles. The van der Waals surface area contributed by atoms with Gasteiger partial charge in [0, 0.05) is 31.9 Å². The Morgan fingerprint density at radius 2 is 2.15 bits per heavy atom. The van der Waals surface area contributed by atoms with Gasteiger partial charge in [0.2, 0.25) is 15.8 Å². The van der Waals surface area contributed by atoms with Gasteiger partial charge in [-0.3, -0.25) is 10.1 Å². The van der Waals surface area contributed by atoms with E-state index in [1.165, 1.54) is 4.31 Å². The first-order chi connectivity index (χ1) is 9.43. The van der Waals surface area contributed by atoms with Gasteiger partial charge in [-0.15, -0.1) is 0 Å². The van der Waals surface area contributed by atoms with E-state index in [1.54, 1.807) is 0 Å². The van der Waals surface area contributed by atoms with Gasteiger partial charge in [0.25, 0.3) is 0 Å². The molecule has 110 valence electrons. The molecule has 0 unspecified atom stereocenters. The number of nitrogen functional groups attached to an aromatic ring is 1. The lowest BCUT2D eigenvalue weighted by Crippen LogP contribution is -2.34. The first kappa shape index (κ1) is 14.6. The van der Waals surface area contributed by atoms with E-state index in [2.05, 4.69) is 10.3 Å². The van der Waals surface area contributed by atoms with Crippen LogP contribution in [-0.2, 0) is 10.0 Å². The zero-order chi connectivity index (χ0) is 14.8. The van der Waals surface area contributed by atoms with Crippen molar-refractivity contribution in [3.05, 3.63) is 22.4 Å². The Labute approximate surface area is 116 Å². The van der Waals surface area contributed by atoms with Crippen LogP contribution < -0.4 is 11.1 Å². The topological polar surface area (TPSA) is 131 Å². The summed E-state index contributed by atoms with van der Waals surface area (Å²) in [6.45, 7) is 1.98. The number of nitrogens with one attached hydrogen (secondary N) is 1. The van der Waals surface area contributed by atoms with E-state index in [-0.39, 0.29) is 10.7 Å².